The Morgan fingerprint density at radius 2 is 1.73 bits per heavy atom. The fourth-order valence-corrected chi connectivity index (χ4v) is 4.77. The number of nitrogens with one attached hydrogen (secondary N) is 1. The summed E-state index contributed by atoms with van der Waals surface area (Å²) in [5.74, 6) is 0.146. The molecule has 1 heterocycles. The van der Waals surface area contributed by atoms with Crippen molar-refractivity contribution >= 4 is 21.6 Å². The summed E-state index contributed by atoms with van der Waals surface area (Å²) in [5.41, 5.74) is -0.294. The van der Waals surface area contributed by atoms with Gasteiger partial charge in [-0.15, -0.1) is 0 Å². The number of hydrogen-bond donors (Lipinski definition) is 1. The van der Waals surface area contributed by atoms with Gasteiger partial charge >= 0.3 is 6.18 Å². The van der Waals surface area contributed by atoms with Crippen molar-refractivity contribution in [3.05, 3.63) is 54.1 Å². The molecule has 2 aromatic carbocycles. The van der Waals surface area contributed by atoms with Gasteiger partial charge in [-0.3, -0.25) is 4.79 Å². The van der Waals surface area contributed by atoms with E-state index in [1.54, 1.807) is 11.0 Å². The zero-order chi connectivity index (χ0) is 24.2. The first kappa shape index (κ1) is 24.8. The van der Waals surface area contributed by atoms with Crippen LogP contribution in [0.4, 0.5) is 18.9 Å². The summed E-state index contributed by atoms with van der Waals surface area (Å²) in [4.78, 5) is 16.1. The van der Waals surface area contributed by atoms with E-state index in [4.69, 9.17) is 4.74 Å². The van der Waals surface area contributed by atoms with Crippen molar-refractivity contribution in [3.63, 3.8) is 0 Å². The van der Waals surface area contributed by atoms with Crippen LogP contribution in [0.3, 0.4) is 0 Å². The van der Waals surface area contributed by atoms with Gasteiger partial charge in [-0.05, 0) is 56.3 Å². The number of carbonyl (C=O) groups is 1. The van der Waals surface area contributed by atoms with Gasteiger partial charge in [0.25, 0.3) is 0 Å². The summed E-state index contributed by atoms with van der Waals surface area (Å²) in [6.45, 7) is 4.95. The molecule has 0 radical (unpaired) electrons. The molecule has 1 aliphatic rings. The molecule has 1 atom stereocenters. The highest BCUT2D eigenvalue weighted by Gasteiger charge is 2.32. The topological polar surface area (TPSA) is 78.9 Å². The minimum absolute atomic E-state index is 0.0139. The molecule has 0 aromatic heterocycles. The quantitative estimate of drug-likeness (QED) is 0.652. The third-order valence-corrected chi connectivity index (χ3v) is 6.83. The molecule has 0 bridgehead atoms. The van der Waals surface area contributed by atoms with Gasteiger partial charge in [-0.2, -0.15) is 17.9 Å². The van der Waals surface area contributed by atoms with Crippen LogP contribution in [0.15, 0.2) is 53.4 Å². The first-order valence-corrected chi connectivity index (χ1v) is 12.0. The number of halogens is 3. The van der Waals surface area contributed by atoms with Crippen LogP contribution in [0.1, 0.15) is 19.4 Å². The third-order valence-electron chi connectivity index (χ3n) is 5.28. The third kappa shape index (κ3) is 6.17. The molecule has 7 nitrogen and oxygen atoms in total. The number of alkyl halides is 3. The zero-order valence-electron chi connectivity index (χ0n) is 18.3. The number of ether oxygens (including phenoxy) is 1. The highest BCUT2D eigenvalue weighted by Crippen LogP contribution is 2.32. The minimum Gasteiger partial charge on any atom is -0.494 e. The Morgan fingerprint density at radius 3 is 2.30 bits per heavy atom. The SMILES string of the molecule is CCOc1ccc(S(=O)(=O)N[C@@H](C)C(=O)N2CCN(c3cccc(C(F)(F)F)c3)CC2)cc1. The first-order valence-electron chi connectivity index (χ1n) is 10.5. The second-order valence-corrected chi connectivity index (χ2v) is 9.32. The number of hydrogen-bond acceptors (Lipinski definition) is 5. The van der Waals surface area contributed by atoms with Crippen LogP contribution in [-0.2, 0) is 21.0 Å². The molecule has 3 rings (SSSR count). The van der Waals surface area contributed by atoms with Crippen molar-refractivity contribution in [2.45, 2.75) is 31.0 Å². The standard InChI is InChI=1S/C22H26F3N3O4S/c1-3-32-19-7-9-20(10-8-19)33(30,31)26-16(2)21(29)28-13-11-27(12-14-28)18-6-4-5-17(15-18)22(23,24)25/h4-10,15-16,26H,3,11-14H2,1-2H3/t16-/m0/s1. The molecular formula is C22H26F3N3O4S. The summed E-state index contributed by atoms with van der Waals surface area (Å²) in [7, 11) is -3.92. The number of rotatable bonds is 7. The van der Waals surface area contributed by atoms with E-state index in [1.807, 2.05) is 6.92 Å². The van der Waals surface area contributed by atoms with Crippen LogP contribution in [0.2, 0.25) is 0 Å². The molecule has 0 unspecified atom stereocenters. The van der Waals surface area contributed by atoms with Gasteiger partial charge in [0, 0.05) is 31.9 Å². The largest absolute Gasteiger partial charge is 0.494 e. The van der Waals surface area contributed by atoms with Gasteiger partial charge < -0.3 is 14.5 Å². The monoisotopic (exact) mass is 485 g/mol. The average Bonchev–Trinajstić information content (AvgIpc) is 2.78. The number of amides is 1. The van der Waals surface area contributed by atoms with Crippen LogP contribution in [0, 0.1) is 0 Å². The maximum atomic E-state index is 13.0. The van der Waals surface area contributed by atoms with Gasteiger partial charge in [0.1, 0.15) is 5.75 Å². The predicted octanol–water partition coefficient (Wildman–Crippen LogP) is 3.12. The van der Waals surface area contributed by atoms with Crippen LogP contribution in [0.5, 0.6) is 5.75 Å². The van der Waals surface area contributed by atoms with E-state index in [9.17, 15) is 26.4 Å². The summed E-state index contributed by atoms with van der Waals surface area (Å²) in [6, 6.07) is 9.94. The fourth-order valence-electron chi connectivity index (χ4n) is 3.57. The summed E-state index contributed by atoms with van der Waals surface area (Å²) < 4.78 is 71.9. The Balaban J connectivity index is 1.59. The Labute approximate surface area is 191 Å². The van der Waals surface area contributed by atoms with E-state index in [2.05, 4.69) is 4.72 Å². The predicted molar refractivity (Wildman–Crippen MR) is 118 cm³/mol. The number of benzene rings is 2. The van der Waals surface area contributed by atoms with Crippen LogP contribution in [0.25, 0.3) is 0 Å². The first-order chi connectivity index (χ1) is 15.5. The number of nitrogens with zero attached hydrogens (tertiary/aromatic N) is 2. The lowest BCUT2D eigenvalue weighted by Gasteiger charge is -2.37. The van der Waals surface area contributed by atoms with Crippen molar-refractivity contribution < 1.29 is 31.1 Å². The summed E-state index contributed by atoms with van der Waals surface area (Å²) >= 11 is 0. The van der Waals surface area contributed by atoms with Gasteiger partial charge in [-0.1, -0.05) is 6.07 Å². The average molecular weight is 486 g/mol. The lowest BCUT2D eigenvalue weighted by molar-refractivity contribution is -0.137. The molecular weight excluding hydrogens is 459 g/mol. The van der Waals surface area contributed by atoms with Crippen LogP contribution in [-0.4, -0.2) is 58.1 Å². The molecule has 0 spiro atoms. The smallest absolute Gasteiger partial charge is 0.416 e. The molecule has 11 heteroatoms. The molecule has 1 saturated heterocycles. The Bertz CT molecular complexity index is 1070. The van der Waals surface area contributed by atoms with Crippen molar-refractivity contribution in [1.29, 1.82) is 0 Å². The molecule has 2 aromatic rings. The number of anilines is 1. The van der Waals surface area contributed by atoms with Gasteiger partial charge in [0.15, 0.2) is 0 Å². The van der Waals surface area contributed by atoms with Crippen LogP contribution < -0.4 is 14.4 Å². The molecule has 1 amide bonds. The van der Waals surface area contributed by atoms with Gasteiger partial charge in [0.05, 0.1) is 23.1 Å². The molecule has 1 N–H and O–H groups in total. The maximum Gasteiger partial charge on any atom is 0.416 e. The number of piperazine rings is 1. The highest BCUT2D eigenvalue weighted by molar-refractivity contribution is 7.89. The van der Waals surface area contributed by atoms with E-state index >= 15 is 0 Å². The van der Waals surface area contributed by atoms with Crippen molar-refractivity contribution in [2.75, 3.05) is 37.7 Å². The Kier molecular flexibility index (Phi) is 7.53. The van der Waals surface area contributed by atoms with Gasteiger partial charge in [-0.25, -0.2) is 8.42 Å². The number of sulfonamides is 1. The fraction of sp³-hybridized carbons (Fsp3) is 0.409. The van der Waals surface area contributed by atoms with Crippen molar-refractivity contribution in [3.8, 4) is 5.75 Å². The molecule has 0 aliphatic carbocycles. The van der Waals surface area contributed by atoms with Crippen LogP contribution >= 0.6 is 0 Å². The Morgan fingerprint density at radius 1 is 1.09 bits per heavy atom. The van der Waals surface area contributed by atoms with E-state index in [0.717, 1.165) is 12.1 Å². The second kappa shape index (κ2) is 10.0. The normalized spacial score (nSPS) is 15.9. The van der Waals surface area contributed by atoms with E-state index < -0.39 is 33.7 Å². The second-order valence-electron chi connectivity index (χ2n) is 7.61. The summed E-state index contributed by atoms with van der Waals surface area (Å²) in [5, 5.41) is 0. The highest BCUT2D eigenvalue weighted by atomic mass is 32.2. The lowest BCUT2D eigenvalue weighted by Crippen LogP contribution is -2.54. The Hall–Kier alpha value is -2.79. The molecule has 1 fully saturated rings. The van der Waals surface area contributed by atoms with Gasteiger partial charge in [0.2, 0.25) is 15.9 Å². The van der Waals surface area contributed by atoms with Crippen molar-refractivity contribution in [1.82, 2.24) is 9.62 Å². The van der Waals surface area contributed by atoms with E-state index in [1.165, 1.54) is 42.2 Å². The lowest BCUT2D eigenvalue weighted by atomic mass is 10.1. The summed E-state index contributed by atoms with van der Waals surface area (Å²) in [6.07, 6.45) is -4.43. The maximum absolute atomic E-state index is 13.0. The minimum atomic E-state index is -4.43. The molecule has 180 valence electrons. The molecule has 1 aliphatic heterocycles. The zero-order valence-corrected chi connectivity index (χ0v) is 19.1. The number of carbonyl (C=O) groups excluding carboxylic acids is 1. The van der Waals surface area contributed by atoms with Crippen molar-refractivity contribution in [2.24, 2.45) is 0 Å². The van der Waals surface area contributed by atoms with E-state index in [-0.39, 0.29) is 18.0 Å². The molecule has 33 heavy (non-hydrogen) atoms. The van der Waals surface area contributed by atoms with E-state index in [0.29, 0.717) is 31.1 Å². The molecule has 0 saturated carbocycles.